The Bertz CT molecular complexity index is 2600. The SMILES string of the molecule is CCCc1ccc(OCC(=O)NCCN(C)C)c(Cc2cc(CC(C)C)cc(Cc3cc(CCC)cc(Cc4cc(CC(C)C)cc(CC)c4OCC(=O)NCCNC)c3OCC(=O)NCCN(C)C)c2OCC(=O)NCCNC)c1. The van der Waals surface area contributed by atoms with E-state index in [-0.39, 0.29) is 50.1 Å². The largest absolute Gasteiger partial charge is 0.483 e. The molecular formula is C65H100N8O8. The molecule has 0 radical (unpaired) electrons. The summed E-state index contributed by atoms with van der Waals surface area (Å²) < 4.78 is 26.6. The molecule has 0 atom stereocenters. The minimum atomic E-state index is -0.251. The molecule has 4 aromatic carbocycles. The highest BCUT2D eigenvalue weighted by Gasteiger charge is 2.24. The van der Waals surface area contributed by atoms with E-state index in [1.165, 1.54) is 5.56 Å². The zero-order valence-electron chi connectivity index (χ0n) is 51.6. The molecule has 0 bridgehead atoms. The van der Waals surface area contributed by atoms with Crippen LogP contribution < -0.4 is 50.8 Å². The Morgan fingerprint density at radius 1 is 0.432 bits per heavy atom. The highest BCUT2D eigenvalue weighted by atomic mass is 16.5. The second-order valence-corrected chi connectivity index (χ2v) is 22.6. The fourth-order valence-corrected chi connectivity index (χ4v) is 9.79. The summed E-state index contributed by atoms with van der Waals surface area (Å²) in [5, 5.41) is 18.1. The Hall–Kier alpha value is -6.20. The topological polar surface area (TPSA) is 184 Å². The van der Waals surface area contributed by atoms with Gasteiger partial charge in [-0.1, -0.05) is 110 Å². The third kappa shape index (κ3) is 24.4. The lowest BCUT2D eigenvalue weighted by Crippen LogP contribution is -2.34. The standard InChI is InChI=1S/C65H100N8O8/c1-14-17-47-19-20-58(78-41-59(74)70-25-27-72(10)11)52(31-47)38-55-36-50(30-46(6)7)37-57(65(55)80-43-61(76)69-24-22-67-9)40-54-33-48(18-15-2)32-53(64(54)81-44-62(77)71-26-28-73(12)13)39-56-35-49(29-45(4)5)34-51(16-3)63(56)79-42-60(75)68-23-21-66-8/h19-20,31-37,45-46,66-67H,14-18,21-30,38-44H2,1-13H3,(H,68,75)(H,69,76)(H,70,74)(H,71,77). The quantitative estimate of drug-likeness (QED) is 0.0256. The predicted molar refractivity (Wildman–Crippen MR) is 328 cm³/mol. The van der Waals surface area contributed by atoms with Crippen molar-refractivity contribution in [1.82, 2.24) is 41.7 Å². The van der Waals surface area contributed by atoms with Crippen LogP contribution in [0, 0.1) is 11.8 Å². The van der Waals surface area contributed by atoms with Crippen LogP contribution in [0.4, 0.5) is 0 Å². The Balaban J connectivity index is 2.02. The van der Waals surface area contributed by atoms with Gasteiger partial charge in [0.25, 0.3) is 23.6 Å². The van der Waals surface area contributed by atoms with Crippen molar-refractivity contribution in [3.05, 3.63) is 116 Å². The number of rotatable bonds is 39. The number of hydrogen-bond donors (Lipinski definition) is 6. The van der Waals surface area contributed by atoms with Gasteiger partial charge in [0.2, 0.25) is 0 Å². The van der Waals surface area contributed by atoms with Crippen LogP contribution in [0.5, 0.6) is 23.0 Å². The zero-order valence-corrected chi connectivity index (χ0v) is 51.6. The van der Waals surface area contributed by atoms with E-state index in [9.17, 15) is 19.2 Å². The van der Waals surface area contributed by atoms with Crippen LogP contribution in [-0.2, 0) is 70.5 Å². The first kappa shape index (κ1) is 67.3. The third-order valence-electron chi connectivity index (χ3n) is 13.5. The minimum Gasteiger partial charge on any atom is -0.483 e. The molecule has 0 heterocycles. The van der Waals surface area contributed by atoms with Gasteiger partial charge in [-0.05, 0) is 153 Å². The molecule has 6 N–H and O–H groups in total. The van der Waals surface area contributed by atoms with Crippen LogP contribution in [0.1, 0.15) is 123 Å². The maximum atomic E-state index is 13.7. The molecule has 0 fully saturated rings. The van der Waals surface area contributed by atoms with E-state index in [4.69, 9.17) is 18.9 Å². The van der Waals surface area contributed by atoms with E-state index in [1.54, 1.807) is 0 Å². The first-order chi connectivity index (χ1) is 38.9. The number of likely N-dealkylation sites (N-methyl/N-ethyl adjacent to an activating group) is 4. The smallest absolute Gasteiger partial charge is 0.257 e. The normalized spacial score (nSPS) is 11.4. The molecule has 0 aromatic heterocycles. The van der Waals surface area contributed by atoms with E-state index in [0.717, 1.165) is 94.2 Å². The maximum absolute atomic E-state index is 13.7. The van der Waals surface area contributed by atoms with Gasteiger partial charge in [-0.3, -0.25) is 19.2 Å². The number of amides is 4. The summed E-state index contributed by atoms with van der Waals surface area (Å²) in [4.78, 5) is 57.6. The number of ether oxygens (including phenoxy) is 4. The number of hydrogen-bond acceptors (Lipinski definition) is 12. The molecule has 0 unspecified atom stereocenters. The van der Waals surface area contributed by atoms with Gasteiger partial charge in [-0.2, -0.15) is 0 Å². The molecule has 448 valence electrons. The first-order valence-corrected chi connectivity index (χ1v) is 29.6. The molecule has 0 aliphatic heterocycles. The van der Waals surface area contributed by atoms with Gasteiger partial charge in [0.1, 0.15) is 23.0 Å². The summed E-state index contributed by atoms with van der Waals surface area (Å²) in [6, 6.07) is 19.4. The molecule has 81 heavy (non-hydrogen) atoms. The average Bonchev–Trinajstić information content (AvgIpc) is 3.41. The number of aryl methyl sites for hydroxylation is 3. The number of nitrogens with one attached hydrogen (secondary N) is 6. The van der Waals surface area contributed by atoms with E-state index in [2.05, 4.69) is 129 Å². The molecule has 0 saturated heterocycles. The van der Waals surface area contributed by atoms with Crippen molar-refractivity contribution in [2.45, 2.75) is 113 Å². The Kier molecular flexibility index (Phi) is 30.2. The van der Waals surface area contributed by atoms with Gasteiger partial charge in [0.15, 0.2) is 26.4 Å². The van der Waals surface area contributed by atoms with Gasteiger partial charge >= 0.3 is 0 Å². The molecule has 4 aromatic rings. The highest BCUT2D eigenvalue weighted by molar-refractivity contribution is 5.79. The van der Waals surface area contributed by atoms with Crippen LogP contribution in [0.3, 0.4) is 0 Å². The summed E-state index contributed by atoms with van der Waals surface area (Å²) in [7, 11) is 11.6. The van der Waals surface area contributed by atoms with Crippen LogP contribution >= 0.6 is 0 Å². The predicted octanol–water partition coefficient (Wildman–Crippen LogP) is 6.87. The Morgan fingerprint density at radius 2 is 0.778 bits per heavy atom. The molecule has 16 heteroatoms. The zero-order chi connectivity index (χ0) is 59.3. The maximum Gasteiger partial charge on any atom is 0.257 e. The lowest BCUT2D eigenvalue weighted by molar-refractivity contribution is -0.123. The van der Waals surface area contributed by atoms with Crippen molar-refractivity contribution < 1.29 is 38.1 Å². The van der Waals surface area contributed by atoms with Crippen LogP contribution in [-0.4, -0.2) is 155 Å². The fraction of sp³-hybridized carbons (Fsp3) is 0.569. The van der Waals surface area contributed by atoms with Gasteiger partial charge in [0.05, 0.1) is 0 Å². The summed E-state index contributed by atoms with van der Waals surface area (Å²) in [6.07, 6.45) is 6.95. The molecule has 4 amide bonds. The molecule has 16 nitrogen and oxygen atoms in total. The Morgan fingerprint density at radius 3 is 1.16 bits per heavy atom. The van der Waals surface area contributed by atoms with Gasteiger partial charge < -0.3 is 60.6 Å². The highest BCUT2D eigenvalue weighted by Crippen LogP contribution is 2.39. The molecule has 0 saturated carbocycles. The van der Waals surface area contributed by atoms with E-state index >= 15 is 0 Å². The van der Waals surface area contributed by atoms with E-state index in [0.29, 0.717) is 113 Å². The lowest BCUT2D eigenvalue weighted by atomic mass is 9.88. The van der Waals surface area contributed by atoms with Crippen molar-refractivity contribution in [1.29, 1.82) is 0 Å². The fourth-order valence-electron chi connectivity index (χ4n) is 9.79. The van der Waals surface area contributed by atoms with Crippen molar-refractivity contribution in [2.75, 3.05) is 121 Å². The molecule has 4 rings (SSSR count). The van der Waals surface area contributed by atoms with Gasteiger partial charge in [0, 0.05) is 71.6 Å². The monoisotopic (exact) mass is 1120 g/mol. The summed E-state index contributed by atoms with van der Waals surface area (Å²) in [5.41, 5.74) is 10.9. The van der Waals surface area contributed by atoms with Crippen LogP contribution in [0.15, 0.2) is 54.6 Å². The second-order valence-electron chi connectivity index (χ2n) is 22.6. The van der Waals surface area contributed by atoms with Crippen molar-refractivity contribution >= 4 is 23.6 Å². The van der Waals surface area contributed by atoms with Crippen molar-refractivity contribution in [2.24, 2.45) is 11.8 Å². The number of carbonyl (C=O) groups is 4. The number of carbonyl (C=O) groups excluding carboxylic acids is 4. The molecule has 0 spiro atoms. The van der Waals surface area contributed by atoms with Crippen molar-refractivity contribution in [3.63, 3.8) is 0 Å². The van der Waals surface area contributed by atoms with Gasteiger partial charge in [-0.25, -0.2) is 0 Å². The van der Waals surface area contributed by atoms with E-state index < -0.39 is 0 Å². The third-order valence-corrected chi connectivity index (χ3v) is 13.5. The van der Waals surface area contributed by atoms with Gasteiger partial charge in [-0.15, -0.1) is 0 Å². The average molecular weight is 1120 g/mol. The summed E-state index contributed by atoms with van der Waals surface area (Å²) in [6.45, 7) is 19.0. The number of nitrogens with zero attached hydrogens (tertiary/aromatic N) is 2. The Labute approximate surface area is 485 Å². The summed E-state index contributed by atoms with van der Waals surface area (Å²) in [5.74, 6) is 2.24. The van der Waals surface area contributed by atoms with Crippen LogP contribution in [0.2, 0.25) is 0 Å². The van der Waals surface area contributed by atoms with E-state index in [1.807, 2.05) is 58.2 Å². The van der Waals surface area contributed by atoms with Crippen LogP contribution in [0.25, 0.3) is 0 Å². The van der Waals surface area contributed by atoms with Crippen molar-refractivity contribution in [3.8, 4) is 23.0 Å². The minimum absolute atomic E-state index is 0.140. The number of benzene rings is 4. The lowest BCUT2D eigenvalue weighted by Gasteiger charge is -2.23. The first-order valence-electron chi connectivity index (χ1n) is 29.6. The molecule has 0 aliphatic rings. The molecule has 0 aliphatic carbocycles. The summed E-state index contributed by atoms with van der Waals surface area (Å²) >= 11 is 0. The second kappa shape index (κ2) is 36.3. The molecular weight excluding hydrogens is 1020 g/mol.